The van der Waals surface area contributed by atoms with E-state index < -0.39 is 0 Å². The van der Waals surface area contributed by atoms with Gasteiger partial charge in [0.25, 0.3) is 0 Å². The Kier molecular flexibility index (Phi) is 3.65. The smallest absolute Gasteiger partial charge is 0.211 e. The molecule has 0 N–H and O–H groups in total. The van der Waals surface area contributed by atoms with Crippen LogP contribution in [0.15, 0.2) is 17.3 Å². The van der Waals surface area contributed by atoms with Gasteiger partial charge in [-0.1, -0.05) is 20.4 Å². The largest absolute Gasteiger partial charge is 0.240 e. The van der Waals surface area contributed by atoms with Gasteiger partial charge in [-0.2, -0.15) is 4.99 Å². The Hall–Kier alpha value is -0.880. The summed E-state index contributed by atoms with van der Waals surface area (Å²) in [6.07, 6.45) is 2.22. The lowest BCUT2D eigenvalue weighted by Crippen LogP contribution is -1.86. The van der Waals surface area contributed by atoms with Gasteiger partial charge in [0.2, 0.25) is 6.08 Å². The van der Waals surface area contributed by atoms with E-state index in [0.29, 0.717) is 11.6 Å². The molecular weight excluding hydrogens is 114 g/mol. The van der Waals surface area contributed by atoms with Crippen molar-refractivity contribution in [3.63, 3.8) is 0 Å². The highest BCUT2D eigenvalue weighted by Gasteiger charge is 1.94. The Labute approximate surface area is 55.3 Å². The van der Waals surface area contributed by atoms with Gasteiger partial charge in [0, 0.05) is 5.70 Å². The molecule has 0 aromatic carbocycles. The molecule has 2 heteroatoms. The third-order valence-electron chi connectivity index (χ3n) is 0.848. The molecule has 0 fully saturated rings. The van der Waals surface area contributed by atoms with Crippen molar-refractivity contribution in [3.05, 3.63) is 12.3 Å². The second-order valence-corrected chi connectivity index (χ2v) is 2.37. The van der Waals surface area contributed by atoms with E-state index >= 15 is 0 Å². The average Bonchev–Trinajstić information content (AvgIpc) is 1.63. The predicted octanol–water partition coefficient (Wildman–Crippen LogP) is 1.88. The van der Waals surface area contributed by atoms with E-state index in [1.54, 1.807) is 0 Å². The van der Waals surface area contributed by atoms with Crippen molar-refractivity contribution >= 4 is 6.08 Å². The molecule has 0 spiro atoms. The van der Waals surface area contributed by atoms with Crippen LogP contribution in [0.3, 0.4) is 0 Å². The van der Waals surface area contributed by atoms with Gasteiger partial charge in [0.05, 0.1) is 0 Å². The van der Waals surface area contributed by atoms with E-state index in [4.69, 9.17) is 0 Å². The molecule has 0 aliphatic heterocycles. The quantitative estimate of drug-likeness (QED) is 0.418. The van der Waals surface area contributed by atoms with E-state index in [1.165, 1.54) is 6.08 Å². The van der Waals surface area contributed by atoms with Gasteiger partial charge in [-0.3, -0.25) is 0 Å². The lowest BCUT2D eigenvalue weighted by Gasteiger charge is -1.99. The molecule has 0 radical (unpaired) electrons. The first-order valence-electron chi connectivity index (χ1n) is 2.92. The van der Waals surface area contributed by atoms with Crippen LogP contribution < -0.4 is 0 Å². The molecule has 0 unspecified atom stereocenters. The van der Waals surface area contributed by atoms with Gasteiger partial charge in [0.15, 0.2) is 0 Å². The number of isocyanates is 1. The van der Waals surface area contributed by atoms with E-state index in [2.05, 4.69) is 11.6 Å². The van der Waals surface area contributed by atoms with Crippen molar-refractivity contribution < 1.29 is 4.79 Å². The summed E-state index contributed by atoms with van der Waals surface area (Å²) in [4.78, 5) is 13.0. The van der Waals surface area contributed by atoms with Crippen molar-refractivity contribution in [2.45, 2.75) is 20.3 Å². The molecule has 2 nitrogen and oxygen atoms in total. The molecule has 9 heavy (non-hydrogen) atoms. The summed E-state index contributed by atoms with van der Waals surface area (Å²) in [6.45, 7) is 7.65. The average molecular weight is 125 g/mol. The SMILES string of the molecule is C=C(CC(C)C)N=C=O. The van der Waals surface area contributed by atoms with Crippen LogP contribution in [0, 0.1) is 5.92 Å². The summed E-state index contributed by atoms with van der Waals surface area (Å²) in [7, 11) is 0. The monoisotopic (exact) mass is 125 g/mol. The maximum absolute atomic E-state index is 9.64. The Morgan fingerprint density at radius 2 is 2.33 bits per heavy atom. The number of aliphatic imine (C=N–C) groups is 1. The van der Waals surface area contributed by atoms with Crippen LogP contribution >= 0.6 is 0 Å². The highest BCUT2D eigenvalue weighted by Crippen LogP contribution is 2.07. The first kappa shape index (κ1) is 8.12. The Morgan fingerprint density at radius 3 is 2.67 bits per heavy atom. The summed E-state index contributed by atoms with van der Waals surface area (Å²) < 4.78 is 0. The molecule has 0 saturated carbocycles. The maximum atomic E-state index is 9.64. The summed E-state index contributed by atoms with van der Waals surface area (Å²) in [6, 6.07) is 0. The van der Waals surface area contributed by atoms with Crippen LogP contribution in [0.4, 0.5) is 0 Å². The third-order valence-corrected chi connectivity index (χ3v) is 0.848. The Bertz CT molecular complexity index is 143. The molecule has 0 atom stereocenters. The van der Waals surface area contributed by atoms with Crippen molar-refractivity contribution in [1.29, 1.82) is 0 Å². The van der Waals surface area contributed by atoms with Gasteiger partial charge >= 0.3 is 0 Å². The van der Waals surface area contributed by atoms with Crippen LogP contribution in [-0.4, -0.2) is 6.08 Å². The summed E-state index contributed by atoms with van der Waals surface area (Å²) >= 11 is 0. The molecule has 0 aliphatic rings. The lowest BCUT2D eigenvalue weighted by molar-refractivity contribution is 0.562. The van der Waals surface area contributed by atoms with Crippen LogP contribution in [0.2, 0.25) is 0 Å². The first-order chi connectivity index (χ1) is 4.16. The van der Waals surface area contributed by atoms with Gasteiger partial charge in [0.1, 0.15) is 0 Å². The van der Waals surface area contributed by atoms with Gasteiger partial charge in [-0.25, -0.2) is 4.79 Å². The van der Waals surface area contributed by atoms with Crippen LogP contribution in [0.5, 0.6) is 0 Å². The molecule has 0 heterocycles. The van der Waals surface area contributed by atoms with Crippen LogP contribution in [0.25, 0.3) is 0 Å². The molecular formula is C7H11NO. The fourth-order valence-corrected chi connectivity index (χ4v) is 0.581. The fraction of sp³-hybridized carbons (Fsp3) is 0.571. The maximum Gasteiger partial charge on any atom is 0.240 e. The number of hydrogen-bond acceptors (Lipinski definition) is 2. The lowest BCUT2D eigenvalue weighted by atomic mass is 10.1. The highest BCUT2D eigenvalue weighted by atomic mass is 16.1. The molecule has 0 amide bonds. The normalized spacial score (nSPS) is 8.78. The summed E-state index contributed by atoms with van der Waals surface area (Å²) in [5, 5.41) is 0. The topological polar surface area (TPSA) is 29.4 Å². The fourth-order valence-electron chi connectivity index (χ4n) is 0.581. The van der Waals surface area contributed by atoms with Crippen LogP contribution in [-0.2, 0) is 4.79 Å². The number of rotatable bonds is 3. The van der Waals surface area contributed by atoms with Gasteiger partial charge in [-0.15, -0.1) is 0 Å². The van der Waals surface area contributed by atoms with Crippen molar-refractivity contribution in [3.8, 4) is 0 Å². The predicted molar refractivity (Wildman–Crippen MR) is 36.7 cm³/mol. The minimum absolute atomic E-state index is 0.509. The van der Waals surface area contributed by atoms with Gasteiger partial charge < -0.3 is 0 Å². The summed E-state index contributed by atoms with van der Waals surface area (Å²) in [5.74, 6) is 0.509. The van der Waals surface area contributed by atoms with Crippen molar-refractivity contribution in [2.75, 3.05) is 0 Å². The molecule has 0 aromatic heterocycles. The zero-order chi connectivity index (χ0) is 7.28. The second kappa shape index (κ2) is 4.04. The van der Waals surface area contributed by atoms with E-state index in [9.17, 15) is 4.79 Å². The second-order valence-electron chi connectivity index (χ2n) is 2.37. The summed E-state index contributed by atoms with van der Waals surface area (Å²) in [5.41, 5.74) is 0.611. The first-order valence-corrected chi connectivity index (χ1v) is 2.92. The van der Waals surface area contributed by atoms with E-state index in [-0.39, 0.29) is 0 Å². The van der Waals surface area contributed by atoms with Crippen molar-refractivity contribution in [1.82, 2.24) is 0 Å². The molecule has 0 saturated heterocycles. The molecule has 0 aromatic rings. The minimum Gasteiger partial charge on any atom is -0.211 e. The van der Waals surface area contributed by atoms with Gasteiger partial charge in [-0.05, 0) is 12.3 Å². The minimum atomic E-state index is 0.509. The number of allylic oxidation sites excluding steroid dienone is 1. The molecule has 0 rings (SSSR count). The molecule has 0 aliphatic carbocycles. The Morgan fingerprint density at radius 1 is 1.78 bits per heavy atom. The standard InChI is InChI=1S/C7H11NO/c1-6(2)4-7(3)8-5-9/h6H,3-4H2,1-2H3. The zero-order valence-corrected chi connectivity index (χ0v) is 5.85. The highest BCUT2D eigenvalue weighted by molar-refractivity contribution is 5.36. The zero-order valence-electron chi connectivity index (χ0n) is 5.85. The van der Waals surface area contributed by atoms with Crippen LogP contribution in [0.1, 0.15) is 20.3 Å². The molecule has 0 bridgehead atoms. The Balaban J connectivity index is 3.64. The molecule has 50 valence electrons. The van der Waals surface area contributed by atoms with Crippen molar-refractivity contribution in [2.24, 2.45) is 10.9 Å². The number of nitrogens with zero attached hydrogens (tertiary/aromatic N) is 1. The number of carbonyl (C=O) groups excluding carboxylic acids is 1. The van der Waals surface area contributed by atoms with E-state index in [1.807, 2.05) is 13.8 Å². The number of hydrogen-bond donors (Lipinski definition) is 0. The third kappa shape index (κ3) is 4.98. The van der Waals surface area contributed by atoms with E-state index in [0.717, 1.165) is 6.42 Å².